The van der Waals surface area contributed by atoms with Crippen LogP contribution in [0.5, 0.6) is 5.75 Å². The Morgan fingerprint density at radius 3 is 2.91 bits per heavy atom. The van der Waals surface area contributed by atoms with Crippen LogP contribution in [0.1, 0.15) is 38.5 Å². The van der Waals surface area contributed by atoms with Crippen molar-refractivity contribution in [3.05, 3.63) is 30.1 Å². The molecule has 2 aliphatic rings. The van der Waals surface area contributed by atoms with E-state index in [2.05, 4.69) is 5.32 Å². The predicted molar refractivity (Wildman–Crippen MR) is 84.8 cm³/mol. The van der Waals surface area contributed by atoms with Gasteiger partial charge in [-0.2, -0.15) is 0 Å². The second-order valence-electron chi connectivity index (χ2n) is 6.51. The van der Waals surface area contributed by atoms with E-state index < -0.39 is 0 Å². The summed E-state index contributed by atoms with van der Waals surface area (Å²) >= 11 is 0. The highest BCUT2D eigenvalue weighted by Gasteiger charge is 2.30. The van der Waals surface area contributed by atoms with Crippen LogP contribution >= 0.6 is 0 Å². The highest BCUT2D eigenvalue weighted by molar-refractivity contribution is 5.76. The Hall–Kier alpha value is -1.62. The maximum atomic E-state index is 13.3. The van der Waals surface area contributed by atoms with E-state index in [-0.39, 0.29) is 23.9 Å². The van der Waals surface area contributed by atoms with Gasteiger partial charge in [-0.15, -0.1) is 0 Å². The van der Waals surface area contributed by atoms with Crippen molar-refractivity contribution in [3.8, 4) is 5.75 Å². The third kappa shape index (κ3) is 4.67. The van der Waals surface area contributed by atoms with E-state index in [1.165, 1.54) is 25.0 Å². The molecule has 1 aromatic rings. The molecule has 0 spiro atoms. The highest BCUT2D eigenvalue weighted by Crippen LogP contribution is 2.27. The molecule has 1 saturated heterocycles. The molecule has 1 aliphatic carbocycles. The van der Waals surface area contributed by atoms with Crippen molar-refractivity contribution in [2.45, 2.75) is 50.7 Å². The van der Waals surface area contributed by atoms with Gasteiger partial charge in [0, 0.05) is 18.9 Å². The van der Waals surface area contributed by atoms with Crippen LogP contribution < -0.4 is 10.1 Å². The molecule has 4 nitrogen and oxygen atoms in total. The third-order valence-electron chi connectivity index (χ3n) is 4.67. The Bertz CT molecular complexity index is 531. The number of rotatable bonds is 5. The molecule has 1 amide bonds. The second kappa shape index (κ2) is 7.77. The molecule has 0 bridgehead atoms. The van der Waals surface area contributed by atoms with Crippen molar-refractivity contribution in [2.75, 3.05) is 13.2 Å². The quantitative estimate of drug-likeness (QED) is 0.907. The lowest BCUT2D eigenvalue weighted by Gasteiger charge is -2.32. The summed E-state index contributed by atoms with van der Waals surface area (Å²) in [4.78, 5) is 12.2. The maximum absolute atomic E-state index is 13.3. The first-order chi connectivity index (χ1) is 11.2. The molecule has 1 heterocycles. The largest absolute Gasteiger partial charge is 0.488 e. The average molecular weight is 321 g/mol. The van der Waals surface area contributed by atoms with Gasteiger partial charge >= 0.3 is 0 Å². The lowest BCUT2D eigenvalue weighted by molar-refractivity contribution is -0.125. The second-order valence-corrected chi connectivity index (χ2v) is 6.51. The van der Waals surface area contributed by atoms with Gasteiger partial charge in [0.05, 0.1) is 19.3 Å². The summed E-state index contributed by atoms with van der Waals surface area (Å²) in [6.45, 7) is 1.03. The first-order valence-corrected chi connectivity index (χ1v) is 8.50. The van der Waals surface area contributed by atoms with Crippen molar-refractivity contribution in [1.82, 2.24) is 5.32 Å². The van der Waals surface area contributed by atoms with E-state index >= 15 is 0 Å². The summed E-state index contributed by atoms with van der Waals surface area (Å²) in [6, 6.07) is 5.93. The molecule has 5 heteroatoms. The van der Waals surface area contributed by atoms with Crippen molar-refractivity contribution >= 4 is 5.91 Å². The van der Waals surface area contributed by atoms with Crippen molar-refractivity contribution in [1.29, 1.82) is 0 Å². The minimum absolute atomic E-state index is 0.0697. The van der Waals surface area contributed by atoms with Crippen LogP contribution in [0.4, 0.5) is 4.39 Å². The van der Waals surface area contributed by atoms with Gasteiger partial charge in [-0.3, -0.25) is 4.79 Å². The lowest BCUT2D eigenvalue weighted by Crippen LogP contribution is -2.52. The molecule has 2 atom stereocenters. The normalized spacial score (nSPS) is 25.3. The number of hydrogen-bond donors (Lipinski definition) is 1. The molecular weight excluding hydrogens is 297 g/mol. The van der Waals surface area contributed by atoms with Crippen LogP contribution in [0, 0.1) is 11.7 Å². The summed E-state index contributed by atoms with van der Waals surface area (Å²) in [5, 5.41) is 3.05. The first-order valence-electron chi connectivity index (χ1n) is 8.50. The number of amides is 1. The molecule has 1 aliphatic heterocycles. The molecule has 0 aromatic heterocycles. The number of ether oxygens (including phenoxy) is 2. The molecule has 0 radical (unpaired) electrons. The van der Waals surface area contributed by atoms with Crippen LogP contribution in [0.2, 0.25) is 0 Å². The number of carbonyl (C=O) groups is 1. The van der Waals surface area contributed by atoms with Crippen molar-refractivity contribution < 1.29 is 18.7 Å². The van der Waals surface area contributed by atoms with E-state index in [9.17, 15) is 9.18 Å². The standard InChI is InChI=1S/C18H24FNO3/c19-14-6-3-7-15(11-14)23-17-8-9-22-12-16(17)20-18(21)10-13-4-1-2-5-13/h3,6-7,11,13,16-17H,1-2,4-5,8-10,12H2,(H,20,21)/t16-,17+/m1/s1. The molecule has 1 saturated carbocycles. The predicted octanol–water partition coefficient (Wildman–Crippen LogP) is 3.06. The lowest BCUT2D eigenvalue weighted by atomic mass is 10.0. The van der Waals surface area contributed by atoms with Gasteiger partial charge in [-0.1, -0.05) is 18.9 Å². The van der Waals surface area contributed by atoms with E-state index in [1.54, 1.807) is 12.1 Å². The zero-order valence-corrected chi connectivity index (χ0v) is 13.3. The van der Waals surface area contributed by atoms with E-state index in [4.69, 9.17) is 9.47 Å². The third-order valence-corrected chi connectivity index (χ3v) is 4.67. The highest BCUT2D eigenvalue weighted by atomic mass is 19.1. The molecule has 126 valence electrons. The fourth-order valence-corrected chi connectivity index (χ4v) is 3.45. The number of nitrogens with one attached hydrogen (secondary N) is 1. The number of halogens is 1. The minimum atomic E-state index is -0.323. The van der Waals surface area contributed by atoms with Gasteiger partial charge in [0.1, 0.15) is 17.7 Å². The smallest absolute Gasteiger partial charge is 0.220 e. The molecule has 3 rings (SSSR count). The molecular formula is C18H24FNO3. The van der Waals surface area contributed by atoms with Crippen LogP contribution in [-0.2, 0) is 9.53 Å². The maximum Gasteiger partial charge on any atom is 0.220 e. The summed E-state index contributed by atoms with van der Waals surface area (Å²) < 4.78 is 24.6. The summed E-state index contributed by atoms with van der Waals surface area (Å²) in [5.41, 5.74) is 0. The van der Waals surface area contributed by atoms with Gasteiger partial charge in [0.15, 0.2) is 0 Å². The van der Waals surface area contributed by atoms with E-state index in [1.807, 2.05) is 0 Å². The van der Waals surface area contributed by atoms with Gasteiger partial charge in [-0.25, -0.2) is 4.39 Å². The first kappa shape index (κ1) is 16.2. The molecule has 1 aromatic carbocycles. The average Bonchev–Trinajstić information content (AvgIpc) is 3.02. The monoisotopic (exact) mass is 321 g/mol. The summed E-state index contributed by atoms with van der Waals surface area (Å²) in [6.07, 6.45) is 5.85. The Balaban J connectivity index is 1.56. The Kier molecular flexibility index (Phi) is 5.49. The van der Waals surface area contributed by atoms with E-state index in [0.717, 1.165) is 12.8 Å². The zero-order valence-electron chi connectivity index (χ0n) is 13.3. The number of hydrogen-bond acceptors (Lipinski definition) is 3. The van der Waals surface area contributed by atoms with Gasteiger partial charge < -0.3 is 14.8 Å². The van der Waals surface area contributed by atoms with Gasteiger partial charge in [-0.05, 0) is 30.9 Å². The van der Waals surface area contributed by atoms with E-state index in [0.29, 0.717) is 37.7 Å². The minimum Gasteiger partial charge on any atom is -0.488 e. The molecule has 0 unspecified atom stereocenters. The Morgan fingerprint density at radius 1 is 1.30 bits per heavy atom. The topological polar surface area (TPSA) is 47.6 Å². The Morgan fingerprint density at radius 2 is 2.13 bits per heavy atom. The molecule has 1 N–H and O–H groups in total. The van der Waals surface area contributed by atoms with Crippen molar-refractivity contribution in [2.24, 2.45) is 5.92 Å². The summed E-state index contributed by atoms with van der Waals surface area (Å²) in [5.74, 6) is 0.755. The van der Waals surface area contributed by atoms with Crippen LogP contribution in [0.25, 0.3) is 0 Å². The van der Waals surface area contributed by atoms with Crippen LogP contribution in [-0.4, -0.2) is 31.3 Å². The van der Waals surface area contributed by atoms with Crippen LogP contribution in [0.3, 0.4) is 0 Å². The van der Waals surface area contributed by atoms with Gasteiger partial charge in [0.25, 0.3) is 0 Å². The fourth-order valence-electron chi connectivity index (χ4n) is 3.45. The molecule has 23 heavy (non-hydrogen) atoms. The summed E-state index contributed by atoms with van der Waals surface area (Å²) in [7, 11) is 0. The zero-order chi connectivity index (χ0) is 16.1. The fraction of sp³-hybridized carbons (Fsp3) is 0.611. The Labute approximate surface area is 136 Å². The van der Waals surface area contributed by atoms with Crippen LogP contribution in [0.15, 0.2) is 24.3 Å². The number of carbonyl (C=O) groups excluding carboxylic acids is 1. The van der Waals surface area contributed by atoms with Gasteiger partial charge in [0.2, 0.25) is 5.91 Å². The number of benzene rings is 1. The van der Waals surface area contributed by atoms with Crippen molar-refractivity contribution in [3.63, 3.8) is 0 Å². The molecule has 2 fully saturated rings. The SMILES string of the molecule is O=C(CC1CCCC1)N[C@@H]1COCC[C@@H]1Oc1cccc(F)c1.